The third-order valence-electron chi connectivity index (χ3n) is 3.67. The van der Waals surface area contributed by atoms with Gasteiger partial charge in [0, 0.05) is 19.0 Å². The Kier molecular flexibility index (Phi) is 4.26. The minimum atomic E-state index is 0.609. The predicted molar refractivity (Wildman–Crippen MR) is 74.3 cm³/mol. The van der Waals surface area contributed by atoms with Gasteiger partial charge in [-0.2, -0.15) is 5.10 Å². The number of likely N-dealkylation sites (N-methyl/N-ethyl adjacent to an activating group) is 1. The molecule has 2 rings (SSSR count). The number of aryl methyl sites for hydroxylation is 2. The van der Waals surface area contributed by atoms with Gasteiger partial charge in [-0.05, 0) is 55.1 Å². The SMILES string of the molecule is CCc1nn(CC)c(CC(NC)C2CC2)c1Br. The van der Waals surface area contributed by atoms with Crippen molar-refractivity contribution in [1.82, 2.24) is 15.1 Å². The van der Waals surface area contributed by atoms with Crippen molar-refractivity contribution in [1.29, 1.82) is 0 Å². The molecule has 4 heteroatoms. The van der Waals surface area contributed by atoms with Crippen LogP contribution in [-0.4, -0.2) is 22.9 Å². The lowest BCUT2D eigenvalue weighted by molar-refractivity contribution is 0.476. The summed E-state index contributed by atoms with van der Waals surface area (Å²) in [6, 6.07) is 0.609. The highest BCUT2D eigenvalue weighted by Gasteiger charge is 2.31. The molecule has 1 aromatic heterocycles. The van der Waals surface area contributed by atoms with Crippen LogP contribution >= 0.6 is 15.9 Å². The summed E-state index contributed by atoms with van der Waals surface area (Å²) >= 11 is 3.72. The lowest BCUT2D eigenvalue weighted by Gasteiger charge is -2.16. The third kappa shape index (κ3) is 2.74. The zero-order valence-electron chi connectivity index (χ0n) is 11.0. The quantitative estimate of drug-likeness (QED) is 0.875. The number of nitrogens with zero attached hydrogens (tertiary/aromatic N) is 2. The fourth-order valence-electron chi connectivity index (χ4n) is 2.42. The van der Waals surface area contributed by atoms with Crippen molar-refractivity contribution >= 4 is 15.9 Å². The Balaban J connectivity index is 2.20. The fraction of sp³-hybridized carbons (Fsp3) is 0.769. The van der Waals surface area contributed by atoms with E-state index < -0.39 is 0 Å². The van der Waals surface area contributed by atoms with Crippen molar-refractivity contribution in [2.45, 2.75) is 52.1 Å². The first-order valence-corrected chi connectivity index (χ1v) is 7.41. The smallest absolute Gasteiger partial charge is 0.0766 e. The van der Waals surface area contributed by atoms with Crippen LogP contribution in [0.25, 0.3) is 0 Å². The van der Waals surface area contributed by atoms with Crippen molar-refractivity contribution in [2.24, 2.45) is 5.92 Å². The largest absolute Gasteiger partial charge is 0.316 e. The zero-order valence-corrected chi connectivity index (χ0v) is 12.5. The molecule has 1 unspecified atom stereocenters. The molecule has 1 atom stereocenters. The maximum absolute atomic E-state index is 4.66. The molecule has 1 heterocycles. The number of aromatic nitrogens is 2. The van der Waals surface area contributed by atoms with Gasteiger partial charge in [0.2, 0.25) is 0 Å². The van der Waals surface area contributed by atoms with Gasteiger partial charge in [-0.1, -0.05) is 6.92 Å². The van der Waals surface area contributed by atoms with Crippen LogP contribution in [0.2, 0.25) is 0 Å². The van der Waals surface area contributed by atoms with E-state index in [1.54, 1.807) is 0 Å². The number of nitrogens with one attached hydrogen (secondary N) is 1. The first-order chi connectivity index (χ1) is 8.21. The van der Waals surface area contributed by atoms with E-state index in [1.165, 1.54) is 28.7 Å². The van der Waals surface area contributed by atoms with Gasteiger partial charge in [0.1, 0.15) is 0 Å². The molecule has 1 N–H and O–H groups in total. The van der Waals surface area contributed by atoms with E-state index in [9.17, 15) is 0 Å². The van der Waals surface area contributed by atoms with Crippen LogP contribution in [0.1, 0.15) is 38.1 Å². The molecule has 1 fully saturated rings. The highest BCUT2D eigenvalue weighted by Crippen LogP contribution is 2.35. The molecule has 0 radical (unpaired) electrons. The monoisotopic (exact) mass is 299 g/mol. The molecule has 3 nitrogen and oxygen atoms in total. The molecule has 96 valence electrons. The molecule has 1 aromatic rings. The summed E-state index contributed by atoms with van der Waals surface area (Å²) < 4.78 is 3.37. The number of rotatable bonds is 6. The average molecular weight is 300 g/mol. The Hall–Kier alpha value is -0.350. The van der Waals surface area contributed by atoms with Crippen molar-refractivity contribution < 1.29 is 0 Å². The van der Waals surface area contributed by atoms with Crippen LogP contribution < -0.4 is 5.32 Å². The molecule has 0 saturated heterocycles. The first kappa shape index (κ1) is 13.1. The minimum Gasteiger partial charge on any atom is -0.316 e. The lowest BCUT2D eigenvalue weighted by Crippen LogP contribution is -2.30. The van der Waals surface area contributed by atoms with E-state index in [0.29, 0.717) is 6.04 Å². The molecule has 0 aliphatic heterocycles. The minimum absolute atomic E-state index is 0.609. The second kappa shape index (κ2) is 5.53. The van der Waals surface area contributed by atoms with Crippen LogP contribution in [0.15, 0.2) is 4.47 Å². The molecular formula is C13H22BrN3. The van der Waals surface area contributed by atoms with Gasteiger partial charge in [-0.25, -0.2) is 0 Å². The molecule has 1 aliphatic carbocycles. The Labute approximate surface area is 112 Å². The average Bonchev–Trinajstić information content (AvgIpc) is 3.13. The van der Waals surface area contributed by atoms with Crippen molar-refractivity contribution in [3.63, 3.8) is 0 Å². The molecule has 0 amide bonds. The fourth-order valence-corrected chi connectivity index (χ4v) is 3.15. The van der Waals surface area contributed by atoms with Crippen LogP contribution in [0.3, 0.4) is 0 Å². The highest BCUT2D eigenvalue weighted by atomic mass is 79.9. The van der Waals surface area contributed by atoms with Gasteiger partial charge >= 0.3 is 0 Å². The molecular weight excluding hydrogens is 278 g/mol. The lowest BCUT2D eigenvalue weighted by atomic mass is 10.1. The van der Waals surface area contributed by atoms with Gasteiger partial charge in [0.05, 0.1) is 15.9 Å². The Morgan fingerprint density at radius 1 is 1.47 bits per heavy atom. The Morgan fingerprint density at radius 3 is 2.65 bits per heavy atom. The van der Waals surface area contributed by atoms with Crippen LogP contribution in [0, 0.1) is 5.92 Å². The topological polar surface area (TPSA) is 29.9 Å². The summed E-state index contributed by atoms with van der Waals surface area (Å²) in [5.41, 5.74) is 2.54. The summed E-state index contributed by atoms with van der Waals surface area (Å²) in [5, 5.41) is 8.11. The van der Waals surface area contributed by atoms with Crippen molar-refractivity contribution in [2.75, 3.05) is 7.05 Å². The van der Waals surface area contributed by atoms with Crippen LogP contribution in [0.4, 0.5) is 0 Å². The van der Waals surface area contributed by atoms with Crippen LogP contribution in [0.5, 0.6) is 0 Å². The van der Waals surface area contributed by atoms with E-state index >= 15 is 0 Å². The normalized spacial score (nSPS) is 17.4. The summed E-state index contributed by atoms with van der Waals surface area (Å²) in [4.78, 5) is 0. The number of hydrogen-bond acceptors (Lipinski definition) is 2. The van der Waals surface area contributed by atoms with E-state index in [0.717, 1.165) is 25.3 Å². The first-order valence-electron chi connectivity index (χ1n) is 6.62. The second-order valence-electron chi connectivity index (χ2n) is 4.81. The van der Waals surface area contributed by atoms with E-state index in [2.05, 4.69) is 51.9 Å². The summed E-state index contributed by atoms with van der Waals surface area (Å²) in [6.45, 7) is 5.27. The molecule has 17 heavy (non-hydrogen) atoms. The molecule has 1 saturated carbocycles. The number of hydrogen-bond donors (Lipinski definition) is 1. The third-order valence-corrected chi connectivity index (χ3v) is 4.58. The molecule has 0 spiro atoms. The van der Waals surface area contributed by atoms with E-state index in [-0.39, 0.29) is 0 Å². The summed E-state index contributed by atoms with van der Waals surface area (Å²) in [7, 11) is 2.07. The predicted octanol–water partition coefficient (Wildman–Crippen LogP) is 2.77. The Morgan fingerprint density at radius 2 is 2.18 bits per heavy atom. The van der Waals surface area contributed by atoms with E-state index in [4.69, 9.17) is 0 Å². The van der Waals surface area contributed by atoms with Gasteiger partial charge in [-0.15, -0.1) is 0 Å². The maximum Gasteiger partial charge on any atom is 0.0766 e. The van der Waals surface area contributed by atoms with Gasteiger partial charge in [0.15, 0.2) is 0 Å². The van der Waals surface area contributed by atoms with Gasteiger partial charge in [0.25, 0.3) is 0 Å². The number of halogens is 1. The Bertz CT molecular complexity index is 382. The van der Waals surface area contributed by atoms with Crippen molar-refractivity contribution in [3.8, 4) is 0 Å². The molecule has 1 aliphatic rings. The highest BCUT2D eigenvalue weighted by molar-refractivity contribution is 9.10. The molecule has 0 aromatic carbocycles. The standard InChI is InChI=1S/C13H22BrN3/c1-4-10-13(14)12(17(5-2)16-10)8-11(15-3)9-6-7-9/h9,11,15H,4-8H2,1-3H3. The summed E-state index contributed by atoms with van der Waals surface area (Å²) in [6.07, 6.45) is 4.84. The maximum atomic E-state index is 4.66. The van der Waals surface area contributed by atoms with E-state index in [1.807, 2.05) is 0 Å². The van der Waals surface area contributed by atoms with Gasteiger partial charge < -0.3 is 5.32 Å². The van der Waals surface area contributed by atoms with Gasteiger partial charge in [-0.3, -0.25) is 4.68 Å². The second-order valence-corrected chi connectivity index (χ2v) is 5.61. The summed E-state index contributed by atoms with van der Waals surface area (Å²) in [5.74, 6) is 0.872. The van der Waals surface area contributed by atoms with Crippen molar-refractivity contribution in [3.05, 3.63) is 15.9 Å². The van der Waals surface area contributed by atoms with Crippen LogP contribution in [-0.2, 0) is 19.4 Å². The molecule has 0 bridgehead atoms. The zero-order chi connectivity index (χ0) is 12.4.